The first-order valence-electron chi connectivity index (χ1n) is 11.6. The Balaban J connectivity index is 1.30. The Labute approximate surface area is 208 Å². The summed E-state index contributed by atoms with van der Waals surface area (Å²) in [5.41, 5.74) is 3.06. The minimum Gasteiger partial charge on any atom is -0.367 e. The van der Waals surface area contributed by atoms with Crippen LogP contribution in [0.4, 0.5) is 14.5 Å². The molecule has 3 aromatic rings. The number of benzene rings is 3. The van der Waals surface area contributed by atoms with Crippen LogP contribution in [0.25, 0.3) is 0 Å². The molecule has 2 aliphatic rings. The molecule has 1 atom stereocenters. The molecule has 5 nitrogen and oxygen atoms in total. The van der Waals surface area contributed by atoms with E-state index in [0.717, 1.165) is 16.8 Å². The number of halogens is 3. The van der Waals surface area contributed by atoms with E-state index in [1.807, 2.05) is 23.1 Å². The fraction of sp³-hybridized carbons (Fsp3) is 0.259. The highest BCUT2D eigenvalue weighted by Gasteiger charge is 2.34. The molecule has 0 spiro atoms. The van der Waals surface area contributed by atoms with Crippen molar-refractivity contribution in [1.29, 1.82) is 0 Å². The highest BCUT2D eigenvalue weighted by atomic mass is 35.5. The van der Waals surface area contributed by atoms with Gasteiger partial charge in [0.2, 0.25) is 0 Å². The molecule has 1 fully saturated rings. The van der Waals surface area contributed by atoms with Gasteiger partial charge in [0.05, 0.1) is 24.0 Å². The number of piperazine rings is 1. The summed E-state index contributed by atoms with van der Waals surface area (Å²) in [6.45, 7) is 2.79. The van der Waals surface area contributed by atoms with Crippen molar-refractivity contribution in [3.63, 3.8) is 0 Å². The van der Waals surface area contributed by atoms with Crippen LogP contribution in [0.15, 0.2) is 77.9 Å². The first kappa shape index (κ1) is 23.5. The Kier molecular flexibility index (Phi) is 6.79. The number of amides is 1. The second-order valence-corrected chi connectivity index (χ2v) is 9.21. The van der Waals surface area contributed by atoms with Gasteiger partial charge in [0.15, 0.2) is 0 Å². The molecule has 0 saturated carbocycles. The Morgan fingerprint density at radius 1 is 0.914 bits per heavy atom. The maximum atomic E-state index is 14.2. The molecule has 0 radical (unpaired) electrons. The molecule has 0 unspecified atom stereocenters. The van der Waals surface area contributed by atoms with Gasteiger partial charge in [-0.25, -0.2) is 13.8 Å². The highest BCUT2D eigenvalue weighted by molar-refractivity contribution is 6.30. The third kappa shape index (κ3) is 5.21. The number of para-hydroxylation sites is 1. The second-order valence-electron chi connectivity index (χ2n) is 8.78. The smallest absolute Gasteiger partial charge is 0.257 e. The molecule has 3 aromatic carbocycles. The molecule has 2 aliphatic heterocycles. The van der Waals surface area contributed by atoms with Crippen LogP contribution in [0.1, 0.15) is 23.6 Å². The minimum absolute atomic E-state index is 0.110. The molecule has 8 heteroatoms. The van der Waals surface area contributed by atoms with Gasteiger partial charge in [-0.05, 0) is 47.5 Å². The van der Waals surface area contributed by atoms with Gasteiger partial charge >= 0.3 is 0 Å². The fourth-order valence-electron chi connectivity index (χ4n) is 4.62. The summed E-state index contributed by atoms with van der Waals surface area (Å²) in [6, 6.07) is 20.1. The van der Waals surface area contributed by atoms with Crippen LogP contribution >= 0.6 is 11.6 Å². The molecule has 0 bridgehead atoms. The second kappa shape index (κ2) is 10.1. The van der Waals surface area contributed by atoms with Gasteiger partial charge in [0.1, 0.15) is 11.6 Å². The number of hydrogen-bond acceptors (Lipinski definition) is 4. The van der Waals surface area contributed by atoms with E-state index in [0.29, 0.717) is 43.3 Å². The highest BCUT2D eigenvalue weighted by Crippen LogP contribution is 2.33. The zero-order valence-corrected chi connectivity index (χ0v) is 19.8. The van der Waals surface area contributed by atoms with Crippen molar-refractivity contribution in [1.82, 2.24) is 9.91 Å². The summed E-state index contributed by atoms with van der Waals surface area (Å²) in [6.07, 6.45) is 0.528. The Morgan fingerprint density at radius 2 is 1.60 bits per heavy atom. The number of carbonyl (C=O) groups is 1. The molecule has 2 heterocycles. The van der Waals surface area contributed by atoms with Gasteiger partial charge in [-0.1, -0.05) is 48.0 Å². The van der Waals surface area contributed by atoms with Crippen molar-refractivity contribution < 1.29 is 13.6 Å². The van der Waals surface area contributed by atoms with Crippen LogP contribution in [-0.4, -0.2) is 54.3 Å². The molecule has 0 N–H and O–H groups in total. The summed E-state index contributed by atoms with van der Waals surface area (Å²) in [4.78, 5) is 17.5. The summed E-state index contributed by atoms with van der Waals surface area (Å²) in [5, 5.41) is 6.84. The summed E-state index contributed by atoms with van der Waals surface area (Å²) in [7, 11) is 0. The summed E-state index contributed by atoms with van der Waals surface area (Å²) in [5.74, 6) is -0.659. The third-order valence-corrected chi connectivity index (χ3v) is 6.77. The van der Waals surface area contributed by atoms with Crippen molar-refractivity contribution in [3.05, 3.63) is 101 Å². The normalized spacial score (nSPS) is 18.6. The van der Waals surface area contributed by atoms with Crippen molar-refractivity contribution in [2.45, 2.75) is 12.5 Å². The number of nitrogens with zero attached hydrogens (tertiary/aromatic N) is 4. The molecule has 0 aliphatic carbocycles. The maximum absolute atomic E-state index is 14.2. The van der Waals surface area contributed by atoms with Crippen molar-refractivity contribution in [3.8, 4) is 0 Å². The van der Waals surface area contributed by atoms with E-state index in [1.54, 1.807) is 41.4 Å². The minimum atomic E-state index is -0.316. The van der Waals surface area contributed by atoms with Gasteiger partial charge in [0, 0.05) is 37.6 Å². The van der Waals surface area contributed by atoms with Crippen LogP contribution in [0.3, 0.4) is 0 Å². The van der Waals surface area contributed by atoms with Gasteiger partial charge in [0.25, 0.3) is 5.91 Å². The van der Waals surface area contributed by atoms with E-state index >= 15 is 0 Å². The van der Waals surface area contributed by atoms with Gasteiger partial charge in [-0.3, -0.25) is 9.69 Å². The average molecular weight is 495 g/mol. The molecule has 0 aromatic heterocycles. The molecular weight excluding hydrogens is 470 g/mol. The topological polar surface area (TPSA) is 39.2 Å². The predicted molar refractivity (Wildman–Crippen MR) is 134 cm³/mol. The Hall–Kier alpha value is -3.29. The fourth-order valence-corrected chi connectivity index (χ4v) is 4.75. The molecule has 1 amide bonds. The van der Waals surface area contributed by atoms with Crippen LogP contribution in [0, 0.1) is 11.6 Å². The van der Waals surface area contributed by atoms with Gasteiger partial charge < -0.3 is 4.90 Å². The quantitative estimate of drug-likeness (QED) is 0.494. The lowest BCUT2D eigenvalue weighted by Crippen LogP contribution is -2.49. The lowest BCUT2D eigenvalue weighted by molar-refractivity contribution is -0.134. The number of rotatable bonds is 5. The van der Waals surface area contributed by atoms with Gasteiger partial charge in [-0.15, -0.1) is 0 Å². The third-order valence-electron chi connectivity index (χ3n) is 6.52. The molecule has 5 rings (SSSR count). The average Bonchev–Trinajstić information content (AvgIpc) is 3.31. The van der Waals surface area contributed by atoms with Crippen LogP contribution in [0.2, 0.25) is 5.02 Å². The monoisotopic (exact) mass is 494 g/mol. The van der Waals surface area contributed by atoms with E-state index < -0.39 is 0 Å². The number of hydrogen-bond donors (Lipinski definition) is 0. The summed E-state index contributed by atoms with van der Waals surface area (Å²) < 4.78 is 27.6. The number of hydrazone groups is 1. The van der Waals surface area contributed by atoms with Crippen molar-refractivity contribution in [2.24, 2.45) is 5.10 Å². The Morgan fingerprint density at radius 3 is 2.29 bits per heavy atom. The van der Waals surface area contributed by atoms with E-state index in [-0.39, 0.29) is 30.1 Å². The molecule has 1 saturated heterocycles. The zero-order valence-electron chi connectivity index (χ0n) is 19.1. The first-order chi connectivity index (χ1) is 17.0. The SMILES string of the molecule is O=C(CN1CCN(c2ccccc2F)CC1)N1N=C(c2ccc(F)cc2)C[C@H]1c1ccc(Cl)cc1. The number of anilines is 1. The van der Waals surface area contributed by atoms with E-state index in [2.05, 4.69) is 10.0 Å². The summed E-state index contributed by atoms with van der Waals surface area (Å²) >= 11 is 6.07. The predicted octanol–water partition coefficient (Wildman–Crippen LogP) is 5.12. The van der Waals surface area contributed by atoms with E-state index in [1.165, 1.54) is 18.2 Å². The standard InChI is InChI=1S/C27H25ClF2N4O/c28-21-9-5-20(6-10-21)26-17-24(19-7-11-22(29)12-8-19)31-34(26)27(35)18-32-13-15-33(16-14-32)25-4-2-1-3-23(25)30/h1-12,26H,13-18H2/t26-/m0/s1. The first-order valence-corrected chi connectivity index (χ1v) is 12.0. The molecular formula is C27H25ClF2N4O. The lowest BCUT2D eigenvalue weighted by Gasteiger charge is -2.36. The maximum Gasteiger partial charge on any atom is 0.257 e. The van der Waals surface area contributed by atoms with E-state index in [9.17, 15) is 13.6 Å². The largest absolute Gasteiger partial charge is 0.367 e. The van der Waals surface area contributed by atoms with Gasteiger partial charge in [-0.2, -0.15) is 5.10 Å². The van der Waals surface area contributed by atoms with Crippen LogP contribution in [0.5, 0.6) is 0 Å². The van der Waals surface area contributed by atoms with Crippen molar-refractivity contribution >= 4 is 28.9 Å². The molecule has 35 heavy (non-hydrogen) atoms. The zero-order chi connectivity index (χ0) is 24.4. The van der Waals surface area contributed by atoms with Crippen LogP contribution in [-0.2, 0) is 4.79 Å². The Bertz CT molecular complexity index is 1220. The van der Waals surface area contributed by atoms with Crippen molar-refractivity contribution in [2.75, 3.05) is 37.6 Å². The number of carbonyl (C=O) groups excluding carboxylic acids is 1. The van der Waals surface area contributed by atoms with E-state index in [4.69, 9.17) is 11.6 Å². The molecule has 180 valence electrons. The lowest BCUT2D eigenvalue weighted by atomic mass is 9.98. The van der Waals surface area contributed by atoms with Crippen LogP contribution < -0.4 is 4.90 Å².